The summed E-state index contributed by atoms with van der Waals surface area (Å²) in [6.07, 6.45) is 0.980. The van der Waals surface area contributed by atoms with Gasteiger partial charge in [0, 0.05) is 18.3 Å². The molecular weight excluding hydrogens is 378 g/mol. The lowest BCUT2D eigenvalue weighted by molar-refractivity contribution is -0.121. The van der Waals surface area contributed by atoms with Gasteiger partial charge in [-0.25, -0.2) is 0 Å². The molecule has 0 aliphatic carbocycles. The predicted molar refractivity (Wildman–Crippen MR) is 117 cm³/mol. The van der Waals surface area contributed by atoms with Gasteiger partial charge in [0.2, 0.25) is 5.91 Å². The highest BCUT2D eigenvalue weighted by atomic mass is 16.5. The monoisotopic (exact) mass is 407 g/mol. The molecule has 3 rings (SSSR count). The molecule has 1 N–H and O–H groups in total. The van der Waals surface area contributed by atoms with E-state index in [1.807, 2.05) is 74.1 Å². The SMILES string of the molecule is COc1ccc(C[C@H](NC(=O)Cc2c(C)nn(C)c2C)c2ccc(OC)cc2)cc1. The van der Waals surface area contributed by atoms with Gasteiger partial charge in [0.25, 0.3) is 0 Å². The second-order valence-electron chi connectivity index (χ2n) is 7.40. The number of benzene rings is 2. The zero-order valence-electron chi connectivity index (χ0n) is 18.2. The van der Waals surface area contributed by atoms with Crippen LogP contribution in [0.2, 0.25) is 0 Å². The summed E-state index contributed by atoms with van der Waals surface area (Å²) < 4.78 is 12.3. The van der Waals surface area contributed by atoms with Crippen LogP contribution in [-0.2, 0) is 24.7 Å². The van der Waals surface area contributed by atoms with Gasteiger partial charge in [0.15, 0.2) is 0 Å². The van der Waals surface area contributed by atoms with Crippen LogP contribution in [0.4, 0.5) is 0 Å². The Morgan fingerprint density at radius 3 is 2.07 bits per heavy atom. The maximum atomic E-state index is 12.9. The van der Waals surface area contributed by atoms with Gasteiger partial charge in [-0.1, -0.05) is 24.3 Å². The summed E-state index contributed by atoms with van der Waals surface area (Å²) in [7, 11) is 5.19. The van der Waals surface area contributed by atoms with Crippen LogP contribution in [0.25, 0.3) is 0 Å². The third-order valence-corrected chi connectivity index (χ3v) is 5.45. The minimum Gasteiger partial charge on any atom is -0.497 e. The molecular formula is C24H29N3O3. The molecule has 0 saturated heterocycles. The van der Waals surface area contributed by atoms with Gasteiger partial charge in [0.05, 0.1) is 32.4 Å². The Labute approximate surface area is 177 Å². The molecule has 0 aliphatic heterocycles. The largest absolute Gasteiger partial charge is 0.497 e. The second kappa shape index (κ2) is 9.48. The smallest absolute Gasteiger partial charge is 0.225 e. The van der Waals surface area contributed by atoms with Gasteiger partial charge in [0.1, 0.15) is 11.5 Å². The van der Waals surface area contributed by atoms with Crippen molar-refractivity contribution >= 4 is 5.91 Å². The molecule has 0 unspecified atom stereocenters. The first kappa shape index (κ1) is 21.4. The summed E-state index contributed by atoms with van der Waals surface area (Å²) in [5, 5.41) is 7.63. The highest BCUT2D eigenvalue weighted by Crippen LogP contribution is 2.23. The number of rotatable bonds is 8. The fourth-order valence-corrected chi connectivity index (χ4v) is 3.56. The van der Waals surface area contributed by atoms with Crippen molar-refractivity contribution in [3.63, 3.8) is 0 Å². The number of ether oxygens (including phenoxy) is 2. The molecule has 0 fully saturated rings. The third kappa shape index (κ3) is 5.00. The van der Waals surface area contributed by atoms with Gasteiger partial charge in [-0.15, -0.1) is 0 Å². The molecule has 6 nitrogen and oxygen atoms in total. The number of aryl methyl sites for hydroxylation is 2. The Morgan fingerprint density at radius 1 is 1.00 bits per heavy atom. The number of carbonyl (C=O) groups excluding carboxylic acids is 1. The number of aromatic nitrogens is 2. The summed E-state index contributed by atoms with van der Waals surface area (Å²) in [6.45, 7) is 3.93. The van der Waals surface area contributed by atoms with E-state index in [0.29, 0.717) is 12.8 Å². The number of hydrogen-bond donors (Lipinski definition) is 1. The number of amides is 1. The minimum absolute atomic E-state index is 0.0245. The molecule has 3 aromatic rings. The van der Waals surface area contributed by atoms with E-state index in [9.17, 15) is 4.79 Å². The van der Waals surface area contributed by atoms with E-state index in [1.165, 1.54) is 0 Å². The van der Waals surface area contributed by atoms with E-state index < -0.39 is 0 Å². The summed E-state index contributed by atoms with van der Waals surface area (Å²) in [5.41, 5.74) is 5.03. The van der Waals surface area contributed by atoms with Crippen LogP contribution in [0.15, 0.2) is 48.5 Å². The van der Waals surface area contributed by atoms with Crippen molar-refractivity contribution in [3.05, 3.63) is 76.6 Å². The fourth-order valence-electron chi connectivity index (χ4n) is 3.56. The van der Waals surface area contributed by atoms with Gasteiger partial charge in [-0.3, -0.25) is 9.48 Å². The highest BCUT2D eigenvalue weighted by Gasteiger charge is 2.19. The molecule has 1 aromatic heterocycles. The van der Waals surface area contributed by atoms with Gasteiger partial charge in [-0.05, 0) is 55.7 Å². The lowest BCUT2D eigenvalue weighted by atomic mass is 9.98. The third-order valence-electron chi connectivity index (χ3n) is 5.45. The standard InChI is InChI=1S/C24H29N3O3/c1-16-22(17(2)27(3)26-16)15-24(28)25-23(19-8-12-21(30-5)13-9-19)14-18-6-10-20(29-4)11-7-18/h6-13,23H,14-15H2,1-5H3,(H,25,28)/t23-/m0/s1. The average molecular weight is 408 g/mol. The number of carbonyl (C=O) groups is 1. The molecule has 0 spiro atoms. The van der Waals surface area contributed by atoms with Crippen LogP contribution in [-0.4, -0.2) is 29.9 Å². The number of hydrogen-bond acceptors (Lipinski definition) is 4. The first-order valence-corrected chi connectivity index (χ1v) is 9.96. The average Bonchev–Trinajstić information content (AvgIpc) is 2.99. The topological polar surface area (TPSA) is 65.4 Å². The van der Waals surface area contributed by atoms with Crippen LogP contribution in [0.5, 0.6) is 11.5 Å². The number of nitrogens with zero attached hydrogens (tertiary/aromatic N) is 2. The Balaban J connectivity index is 1.81. The Kier molecular flexibility index (Phi) is 6.77. The predicted octanol–water partition coefficient (Wildman–Crippen LogP) is 3.70. The molecule has 1 atom stereocenters. The van der Waals surface area contributed by atoms with Crippen molar-refractivity contribution in [1.29, 1.82) is 0 Å². The minimum atomic E-state index is -0.158. The zero-order valence-corrected chi connectivity index (χ0v) is 18.2. The molecule has 6 heteroatoms. The molecule has 0 saturated carbocycles. The van der Waals surface area contributed by atoms with Crippen LogP contribution in [0.1, 0.15) is 34.1 Å². The maximum Gasteiger partial charge on any atom is 0.225 e. The second-order valence-corrected chi connectivity index (χ2v) is 7.40. The van der Waals surface area contributed by atoms with Crippen LogP contribution in [0, 0.1) is 13.8 Å². The normalized spacial score (nSPS) is 11.8. The van der Waals surface area contributed by atoms with E-state index in [0.717, 1.165) is 39.6 Å². The number of methoxy groups -OCH3 is 2. The van der Waals surface area contributed by atoms with Crippen LogP contribution < -0.4 is 14.8 Å². The lowest BCUT2D eigenvalue weighted by Gasteiger charge is -2.20. The Morgan fingerprint density at radius 2 is 1.57 bits per heavy atom. The Bertz CT molecular complexity index is 992. The molecule has 0 radical (unpaired) electrons. The van der Waals surface area contributed by atoms with Crippen molar-refractivity contribution in [3.8, 4) is 11.5 Å². The van der Waals surface area contributed by atoms with Gasteiger partial charge in [-0.2, -0.15) is 5.10 Å². The van der Waals surface area contributed by atoms with E-state index >= 15 is 0 Å². The quantitative estimate of drug-likeness (QED) is 0.618. The van der Waals surface area contributed by atoms with E-state index in [4.69, 9.17) is 9.47 Å². The highest BCUT2D eigenvalue weighted by molar-refractivity contribution is 5.79. The lowest BCUT2D eigenvalue weighted by Crippen LogP contribution is -2.31. The first-order chi connectivity index (χ1) is 14.4. The summed E-state index contributed by atoms with van der Waals surface area (Å²) in [4.78, 5) is 12.9. The Hall–Kier alpha value is -3.28. The first-order valence-electron chi connectivity index (χ1n) is 9.96. The molecule has 0 bridgehead atoms. The maximum absolute atomic E-state index is 12.9. The van der Waals surface area contributed by atoms with Crippen molar-refractivity contribution in [1.82, 2.24) is 15.1 Å². The molecule has 1 heterocycles. The van der Waals surface area contributed by atoms with Crippen molar-refractivity contribution in [2.75, 3.05) is 14.2 Å². The van der Waals surface area contributed by atoms with Crippen molar-refractivity contribution in [2.45, 2.75) is 32.7 Å². The van der Waals surface area contributed by atoms with Crippen LogP contribution >= 0.6 is 0 Å². The van der Waals surface area contributed by atoms with E-state index in [2.05, 4.69) is 10.4 Å². The van der Waals surface area contributed by atoms with Crippen LogP contribution in [0.3, 0.4) is 0 Å². The summed E-state index contributed by atoms with van der Waals surface area (Å²) >= 11 is 0. The van der Waals surface area contributed by atoms with Crippen molar-refractivity contribution < 1.29 is 14.3 Å². The zero-order chi connectivity index (χ0) is 21.7. The van der Waals surface area contributed by atoms with Gasteiger partial charge >= 0.3 is 0 Å². The van der Waals surface area contributed by atoms with Crippen molar-refractivity contribution in [2.24, 2.45) is 7.05 Å². The van der Waals surface area contributed by atoms with E-state index in [-0.39, 0.29) is 11.9 Å². The summed E-state index contributed by atoms with van der Waals surface area (Å²) in [5.74, 6) is 1.57. The van der Waals surface area contributed by atoms with Gasteiger partial charge < -0.3 is 14.8 Å². The molecule has 1 amide bonds. The molecule has 2 aromatic carbocycles. The van der Waals surface area contributed by atoms with E-state index in [1.54, 1.807) is 14.2 Å². The molecule has 30 heavy (non-hydrogen) atoms. The molecule has 0 aliphatic rings. The fraction of sp³-hybridized carbons (Fsp3) is 0.333. The summed E-state index contributed by atoms with van der Waals surface area (Å²) in [6, 6.07) is 15.6. The number of nitrogens with one attached hydrogen (secondary N) is 1. The molecule has 158 valence electrons.